The van der Waals surface area contributed by atoms with Crippen LogP contribution in [0, 0.1) is 5.41 Å². The first-order valence-electron chi connectivity index (χ1n) is 12.6. The second-order valence-electron chi connectivity index (χ2n) is 10.7. The molecule has 172 valence electrons. The van der Waals surface area contributed by atoms with Crippen molar-refractivity contribution in [2.24, 2.45) is 5.41 Å². The Labute approximate surface area is 199 Å². The lowest BCUT2D eigenvalue weighted by Crippen LogP contribution is -2.59. The molecule has 0 aromatic heterocycles. The van der Waals surface area contributed by atoms with Crippen LogP contribution in [0.4, 0.5) is 0 Å². The third kappa shape index (κ3) is 4.50. The van der Waals surface area contributed by atoms with Crippen molar-refractivity contribution >= 4 is 11.6 Å². The molecule has 2 saturated heterocycles. The van der Waals surface area contributed by atoms with Crippen molar-refractivity contribution in [1.29, 1.82) is 0 Å². The third-order valence-corrected chi connectivity index (χ3v) is 8.67. The van der Waals surface area contributed by atoms with Gasteiger partial charge in [0.25, 0.3) is 0 Å². The summed E-state index contributed by atoms with van der Waals surface area (Å²) >= 11 is 6.51. The van der Waals surface area contributed by atoms with Gasteiger partial charge in [-0.05, 0) is 72.9 Å². The Bertz CT molecular complexity index is 912. The van der Waals surface area contributed by atoms with Crippen molar-refractivity contribution in [3.8, 4) is 0 Å². The molecular formula is C28H38ClN3. The number of piperidine rings is 1. The highest BCUT2D eigenvalue weighted by molar-refractivity contribution is 6.31. The summed E-state index contributed by atoms with van der Waals surface area (Å²) in [7, 11) is 0. The van der Waals surface area contributed by atoms with Gasteiger partial charge < -0.3 is 5.32 Å². The first-order chi connectivity index (χ1) is 15.5. The van der Waals surface area contributed by atoms with Gasteiger partial charge in [-0.3, -0.25) is 9.80 Å². The number of nitrogens with one attached hydrogen (secondary N) is 1. The predicted molar refractivity (Wildman–Crippen MR) is 134 cm³/mol. The van der Waals surface area contributed by atoms with Crippen molar-refractivity contribution in [1.82, 2.24) is 15.1 Å². The predicted octanol–water partition coefficient (Wildman–Crippen LogP) is 5.85. The van der Waals surface area contributed by atoms with Crippen LogP contribution in [0.5, 0.6) is 0 Å². The van der Waals surface area contributed by atoms with E-state index in [1.54, 1.807) is 0 Å². The standard InChI is InChI=1S/C28H38ClN3/c1-21(2)24-8-4-5-9-25(24)27-20-31(19-22-7-3-6-10-26(22)29)15-16-32(27)23-17-28(18-23)11-13-30-14-12-28/h3-10,21,23,27,30H,11-20H2,1-2H3. The quantitative estimate of drug-likeness (QED) is 0.614. The number of hydrogen-bond donors (Lipinski definition) is 1. The highest BCUT2D eigenvalue weighted by Crippen LogP contribution is 2.52. The van der Waals surface area contributed by atoms with Crippen molar-refractivity contribution in [2.45, 2.75) is 64.1 Å². The molecule has 4 heteroatoms. The molecular weight excluding hydrogens is 414 g/mol. The van der Waals surface area contributed by atoms with Crippen LogP contribution >= 0.6 is 11.6 Å². The van der Waals surface area contributed by atoms with E-state index in [0.29, 0.717) is 17.4 Å². The second kappa shape index (κ2) is 9.46. The summed E-state index contributed by atoms with van der Waals surface area (Å²) in [5.74, 6) is 0.546. The minimum atomic E-state index is 0.467. The Hall–Kier alpha value is -1.39. The van der Waals surface area contributed by atoms with Gasteiger partial charge in [-0.1, -0.05) is 67.9 Å². The molecule has 3 aliphatic rings. The van der Waals surface area contributed by atoms with E-state index in [-0.39, 0.29) is 0 Å². The normalized spacial score (nSPS) is 24.7. The molecule has 2 aliphatic heterocycles. The van der Waals surface area contributed by atoms with E-state index in [9.17, 15) is 0 Å². The topological polar surface area (TPSA) is 18.5 Å². The maximum atomic E-state index is 6.51. The van der Waals surface area contributed by atoms with Gasteiger partial charge in [-0.2, -0.15) is 0 Å². The number of nitrogens with zero attached hydrogens (tertiary/aromatic N) is 2. The Kier molecular flexibility index (Phi) is 6.63. The average molecular weight is 452 g/mol. The first kappa shape index (κ1) is 22.4. The largest absolute Gasteiger partial charge is 0.317 e. The third-order valence-electron chi connectivity index (χ3n) is 8.31. The van der Waals surface area contributed by atoms with E-state index in [4.69, 9.17) is 11.6 Å². The molecule has 32 heavy (non-hydrogen) atoms. The molecule has 3 fully saturated rings. The van der Waals surface area contributed by atoms with Crippen LogP contribution in [0.1, 0.15) is 68.2 Å². The van der Waals surface area contributed by atoms with Gasteiger partial charge in [0.2, 0.25) is 0 Å². The first-order valence-corrected chi connectivity index (χ1v) is 12.9. The minimum absolute atomic E-state index is 0.467. The Morgan fingerprint density at radius 1 is 1.00 bits per heavy atom. The molecule has 0 amide bonds. The highest BCUT2D eigenvalue weighted by Gasteiger charge is 2.49. The van der Waals surface area contributed by atoms with Crippen LogP contribution in [-0.2, 0) is 6.54 Å². The van der Waals surface area contributed by atoms with E-state index in [2.05, 4.69) is 65.4 Å². The molecule has 1 atom stereocenters. The lowest BCUT2D eigenvalue weighted by Gasteiger charge is -2.57. The van der Waals surface area contributed by atoms with Crippen LogP contribution in [0.25, 0.3) is 0 Å². The summed E-state index contributed by atoms with van der Waals surface area (Å²) in [5, 5.41) is 4.45. The lowest BCUT2D eigenvalue weighted by molar-refractivity contribution is -0.0650. The fourth-order valence-corrected chi connectivity index (χ4v) is 6.65. The lowest BCUT2D eigenvalue weighted by atomic mass is 9.60. The highest BCUT2D eigenvalue weighted by atomic mass is 35.5. The molecule has 1 unspecified atom stereocenters. The smallest absolute Gasteiger partial charge is 0.0481 e. The van der Waals surface area contributed by atoms with Crippen molar-refractivity contribution < 1.29 is 0 Å². The number of hydrogen-bond acceptors (Lipinski definition) is 3. The second-order valence-corrected chi connectivity index (χ2v) is 11.1. The molecule has 2 aromatic rings. The summed E-state index contributed by atoms with van der Waals surface area (Å²) < 4.78 is 0. The summed E-state index contributed by atoms with van der Waals surface area (Å²) in [5.41, 5.74) is 4.92. The molecule has 1 aliphatic carbocycles. The Morgan fingerprint density at radius 3 is 2.47 bits per heavy atom. The van der Waals surface area contributed by atoms with E-state index in [1.807, 2.05) is 12.1 Å². The van der Waals surface area contributed by atoms with Crippen LogP contribution in [-0.4, -0.2) is 48.6 Å². The van der Waals surface area contributed by atoms with Gasteiger partial charge in [-0.25, -0.2) is 0 Å². The molecule has 1 saturated carbocycles. The molecule has 3 nitrogen and oxygen atoms in total. The molecule has 5 rings (SSSR count). The number of rotatable bonds is 5. The number of piperazine rings is 1. The van der Waals surface area contributed by atoms with Crippen LogP contribution in [0.2, 0.25) is 5.02 Å². The molecule has 0 bridgehead atoms. The molecule has 0 radical (unpaired) electrons. The molecule has 2 aromatic carbocycles. The maximum absolute atomic E-state index is 6.51. The van der Waals surface area contributed by atoms with Crippen LogP contribution in [0.3, 0.4) is 0 Å². The number of benzene rings is 2. The van der Waals surface area contributed by atoms with E-state index in [0.717, 1.165) is 37.2 Å². The zero-order valence-electron chi connectivity index (χ0n) is 19.7. The fourth-order valence-electron chi connectivity index (χ4n) is 6.46. The van der Waals surface area contributed by atoms with Crippen molar-refractivity contribution in [2.75, 3.05) is 32.7 Å². The molecule has 2 heterocycles. The monoisotopic (exact) mass is 451 g/mol. The summed E-state index contributed by atoms with van der Waals surface area (Å²) in [6, 6.07) is 18.7. The summed E-state index contributed by atoms with van der Waals surface area (Å²) in [6.45, 7) is 11.4. The van der Waals surface area contributed by atoms with Crippen LogP contribution in [0.15, 0.2) is 48.5 Å². The van der Waals surface area contributed by atoms with E-state index in [1.165, 1.54) is 55.5 Å². The minimum Gasteiger partial charge on any atom is -0.317 e. The van der Waals surface area contributed by atoms with Gasteiger partial charge in [0.1, 0.15) is 0 Å². The van der Waals surface area contributed by atoms with Gasteiger partial charge in [-0.15, -0.1) is 0 Å². The molecule has 1 spiro atoms. The van der Waals surface area contributed by atoms with Crippen molar-refractivity contribution in [3.63, 3.8) is 0 Å². The Morgan fingerprint density at radius 2 is 1.72 bits per heavy atom. The zero-order valence-corrected chi connectivity index (χ0v) is 20.5. The average Bonchev–Trinajstić information content (AvgIpc) is 2.79. The summed E-state index contributed by atoms with van der Waals surface area (Å²) in [4.78, 5) is 5.50. The molecule has 1 N–H and O–H groups in total. The van der Waals surface area contributed by atoms with E-state index >= 15 is 0 Å². The number of halogens is 1. The van der Waals surface area contributed by atoms with Gasteiger partial charge >= 0.3 is 0 Å². The van der Waals surface area contributed by atoms with Gasteiger partial charge in [0.05, 0.1) is 0 Å². The fraction of sp³-hybridized carbons (Fsp3) is 0.571. The summed E-state index contributed by atoms with van der Waals surface area (Å²) in [6.07, 6.45) is 5.51. The van der Waals surface area contributed by atoms with Crippen LogP contribution < -0.4 is 5.32 Å². The maximum Gasteiger partial charge on any atom is 0.0481 e. The van der Waals surface area contributed by atoms with Crippen molar-refractivity contribution in [3.05, 3.63) is 70.2 Å². The SMILES string of the molecule is CC(C)c1ccccc1C1CN(Cc2ccccc2Cl)CCN1C1CC2(CCNCC2)C1. The zero-order chi connectivity index (χ0) is 22.1. The Balaban J connectivity index is 1.38. The van der Waals surface area contributed by atoms with Gasteiger partial charge in [0, 0.05) is 43.3 Å². The van der Waals surface area contributed by atoms with E-state index < -0.39 is 0 Å². The van der Waals surface area contributed by atoms with Gasteiger partial charge in [0.15, 0.2) is 0 Å².